The Bertz CT molecular complexity index is 1100. The van der Waals surface area contributed by atoms with Crippen molar-refractivity contribution in [3.8, 4) is 0 Å². The SMILES string of the molecule is Cn1c(=O)n(OS(=O)(=O)c2ccccc2)c(=O)c2ccccc21. The van der Waals surface area contributed by atoms with Gasteiger partial charge in [0, 0.05) is 7.05 Å². The number of benzene rings is 2. The average Bonchev–Trinajstić information content (AvgIpc) is 2.57. The Morgan fingerprint density at radius 1 is 0.913 bits per heavy atom. The van der Waals surface area contributed by atoms with E-state index in [1.165, 1.54) is 37.4 Å². The predicted octanol–water partition coefficient (Wildman–Crippen LogP) is 0.518. The quantitative estimate of drug-likeness (QED) is 0.698. The summed E-state index contributed by atoms with van der Waals surface area (Å²) in [6, 6.07) is 13.7. The number of aromatic nitrogens is 2. The van der Waals surface area contributed by atoms with Crippen molar-refractivity contribution in [3.05, 3.63) is 75.4 Å². The number of nitrogens with zero attached hydrogens (tertiary/aromatic N) is 2. The van der Waals surface area contributed by atoms with Gasteiger partial charge in [-0.25, -0.2) is 4.79 Å². The number of hydrogen-bond donors (Lipinski definition) is 0. The molecule has 0 saturated carbocycles. The van der Waals surface area contributed by atoms with Gasteiger partial charge in [-0.2, -0.15) is 8.42 Å². The zero-order chi connectivity index (χ0) is 16.6. The molecule has 2 aromatic carbocycles. The summed E-state index contributed by atoms with van der Waals surface area (Å²) in [6.07, 6.45) is 0. The maximum atomic E-state index is 12.4. The van der Waals surface area contributed by atoms with E-state index in [0.717, 1.165) is 4.57 Å². The van der Waals surface area contributed by atoms with Gasteiger partial charge in [0.2, 0.25) is 0 Å². The van der Waals surface area contributed by atoms with Gasteiger partial charge in [0.1, 0.15) is 4.90 Å². The van der Waals surface area contributed by atoms with E-state index in [4.69, 9.17) is 4.28 Å². The van der Waals surface area contributed by atoms with Gasteiger partial charge in [0.25, 0.3) is 5.56 Å². The molecule has 7 nitrogen and oxygen atoms in total. The van der Waals surface area contributed by atoms with Crippen LogP contribution in [0.3, 0.4) is 0 Å². The summed E-state index contributed by atoms with van der Waals surface area (Å²) >= 11 is 0. The molecule has 3 rings (SSSR count). The van der Waals surface area contributed by atoms with Crippen molar-refractivity contribution in [3.63, 3.8) is 0 Å². The summed E-state index contributed by atoms with van der Waals surface area (Å²) in [5.41, 5.74) is -1.32. The highest BCUT2D eigenvalue weighted by atomic mass is 32.2. The van der Waals surface area contributed by atoms with Gasteiger partial charge < -0.3 is 0 Å². The van der Waals surface area contributed by atoms with Gasteiger partial charge in [0.05, 0.1) is 10.9 Å². The van der Waals surface area contributed by atoms with Gasteiger partial charge in [0.15, 0.2) is 0 Å². The van der Waals surface area contributed by atoms with E-state index in [0.29, 0.717) is 5.52 Å². The Balaban J connectivity index is 2.23. The van der Waals surface area contributed by atoms with Gasteiger partial charge >= 0.3 is 15.8 Å². The summed E-state index contributed by atoms with van der Waals surface area (Å²) in [4.78, 5) is 24.5. The van der Waals surface area contributed by atoms with Gasteiger partial charge in [-0.3, -0.25) is 13.6 Å². The minimum Gasteiger partial charge on any atom is -0.294 e. The second-order valence-electron chi connectivity index (χ2n) is 4.80. The van der Waals surface area contributed by atoms with Crippen LogP contribution in [0.2, 0.25) is 0 Å². The molecule has 0 radical (unpaired) electrons. The highest BCUT2D eigenvalue weighted by molar-refractivity contribution is 7.87. The molecule has 0 N–H and O–H groups in total. The fourth-order valence-electron chi connectivity index (χ4n) is 2.18. The molecule has 0 saturated heterocycles. The van der Waals surface area contributed by atoms with Crippen LogP contribution in [-0.4, -0.2) is 17.7 Å². The van der Waals surface area contributed by atoms with Crippen LogP contribution in [0.4, 0.5) is 0 Å². The molecule has 118 valence electrons. The Morgan fingerprint density at radius 2 is 1.52 bits per heavy atom. The van der Waals surface area contributed by atoms with Crippen LogP contribution in [0.25, 0.3) is 10.9 Å². The Morgan fingerprint density at radius 3 is 2.22 bits per heavy atom. The van der Waals surface area contributed by atoms with E-state index >= 15 is 0 Å². The molecule has 8 heteroatoms. The zero-order valence-corrected chi connectivity index (χ0v) is 12.9. The largest absolute Gasteiger partial charge is 0.366 e. The molecule has 0 atom stereocenters. The van der Waals surface area contributed by atoms with Crippen LogP contribution in [0, 0.1) is 0 Å². The Hall–Kier alpha value is -2.87. The fraction of sp³-hybridized carbons (Fsp3) is 0.0667. The summed E-state index contributed by atoms with van der Waals surface area (Å²) in [5.74, 6) is 0. The molecule has 1 aromatic heterocycles. The first kappa shape index (κ1) is 15.0. The monoisotopic (exact) mass is 332 g/mol. The molecule has 0 aliphatic carbocycles. The minimum absolute atomic E-state index is 0.151. The predicted molar refractivity (Wildman–Crippen MR) is 83.7 cm³/mol. The molecule has 0 unspecified atom stereocenters. The van der Waals surface area contributed by atoms with Crippen LogP contribution >= 0.6 is 0 Å². The zero-order valence-electron chi connectivity index (χ0n) is 12.0. The number of para-hydroxylation sites is 1. The Kier molecular flexibility index (Phi) is 3.53. The highest BCUT2D eigenvalue weighted by Gasteiger charge is 2.21. The maximum Gasteiger partial charge on any atom is 0.366 e. The molecule has 0 fully saturated rings. The van der Waals surface area contributed by atoms with Gasteiger partial charge in [-0.05, 0) is 24.3 Å². The molecule has 1 heterocycles. The Labute approximate surface area is 131 Å². The number of hydrogen-bond acceptors (Lipinski definition) is 5. The minimum atomic E-state index is -4.29. The second-order valence-corrected chi connectivity index (χ2v) is 6.33. The fourth-order valence-corrected chi connectivity index (χ4v) is 3.08. The molecule has 23 heavy (non-hydrogen) atoms. The van der Waals surface area contributed by atoms with Crippen LogP contribution in [-0.2, 0) is 17.2 Å². The lowest BCUT2D eigenvalue weighted by atomic mass is 10.2. The standard InChI is InChI=1S/C15H12N2O5S/c1-16-13-10-6-5-9-12(13)14(18)17(15(16)19)22-23(20,21)11-7-3-2-4-8-11/h2-10H,1H3. The summed E-state index contributed by atoms with van der Waals surface area (Å²) in [6.45, 7) is 0. The summed E-state index contributed by atoms with van der Waals surface area (Å²) in [5, 5.41) is 0.179. The van der Waals surface area contributed by atoms with Gasteiger partial charge in [-0.1, -0.05) is 35.1 Å². The van der Waals surface area contributed by atoms with Crippen LogP contribution in [0.1, 0.15) is 0 Å². The molecular formula is C15H12N2O5S. The van der Waals surface area contributed by atoms with Crippen molar-refractivity contribution >= 4 is 21.0 Å². The lowest BCUT2D eigenvalue weighted by Gasteiger charge is -2.11. The molecule has 3 aromatic rings. The van der Waals surface area contributed by atoms with Crippen molar-refractivity contribution < 1.29 is 12.7 Å². The van der Waals surface area contributed by atoms with E-state index in [9.17, 15) is 18.0 Å². The smallest absolute Gasteiger partial charge is 0.294 e. The molecular weight excluding hydrogens is 320 g/mol. The third kappa shape index (κ3) is 2.53. The van der Waals surface area contributed by atoms with E-state index in [2.05, 4.69) is 0 Å². The topological polar surface area (TPSA) is 87.4 Å². The molecule has 0 bridgehead atoms. The first-order valence-corrected chi connectivity index (χ1v) is 8.03. The normalized spacial score (nSPS) is 11.5. The third-order valence-corrected chi connectivity index (χ3v) is 4.54. The number of fused-ring (bicyclic) bond motifs is 1. The number of rotatable bonds is 3. The van der Waals surface area contributed by atoms with Crippen LogP contribution < -0.4 is 15.5 Å². The lowest BCUT2D eigenvalue weighted by Crippen LogP contribution is -2.44. The van der Waals surface area contributed by atoms with Crippen molar-refractivity contribution in [2.24, 2.45) is 7.05 Å². The molecule has 0 spiro atoms. The lowest BCUT2D eigenvalue weighted by molar-refractivity contribution is 0.248. The maximum absolute atomic E-state index is 12.4. The average molecular weight is 332 g/mol. The molecule has 0 aliphatic rings. The van der Waals surface area contributed by atoms with Crippen LogP contribution in [0.5, 0.6) is 0 Å². The summed E-state index contributed by atoms with van der Waals surface area (Å²) < 4.78 is 30.6. The van der Waals surface area contributed by atoms with Crippen molar-refractivity contribution in [2.75, 3.05) is 0 Å². The first-order chi connectivity index (χ1) is 10.9. The van der Waals surface area contributed by atoms with Crippen molar-refractivity contribution in [2.45, 2.75) is 4.90 Å². The molecule has 0 amide bonds. The molecule has 0 aliphatic heterocycles. The highest BCUT2D eigenvalue weighted by Crippen LogP contribution is 2.09. The van der Waals surface area contributed by atoms with E-state index < -0.39 is 21.4 Å². The van der Waals surface area contributed by atoms with Gasteiger partial charge in [-0.15, -0.1) is 0 Å². The summed E-state index contributed by atoms with van der Waals surface area (Å²) in [7, 11) is -2.86. The first-order valence-electron chi connectivity index (χ1n) is 6.62. The van der Waals surface area contributed by atoms with E-state index in [1.54, 1.807) is 24.3 Å². The second kappa shape index (κ2) is 5.40. The third-order valence-electron chi connectivity index (χ3n) is 3.35. The van der Waals surface area contributed by atoms with Crippen molar-refractivity contribution in [1.82, 2.24) is 9.30 Å². The van der Waals surface area contributed by atoms with Crippen molar-refractivity contribution in [1.29, 1.82) is 0 Å². The van der Waals surface area contributed by atoms with E-state index in [-0.39, 0.29) is 15.0 Å². The number of aryl methyl sites for hydroxylation is 1. The van der Waals surface area contributed by atoms with E-state index in [1.807, 2.05) is 0 Å². The van der Waals surface area contributed by atoms with Crippen LogP contribution in [0.15, 0.2) is 69.1 Å².